The van der Waals surface area contributed by atoms with Crippen LogP contribution in [0, 0.1) is 6.92 Å². The van der Waals surface area contributed by atoms with E-state index in [9.17, 15) is 13.6 Å². The van der Waals surface area contributed by atoms with Crippen molar-refractivity contribution in [2.24, 2.45) is 0 Å². The van der Waals surface area contributed by atoms with Crippen molar-refractivity contribution in [3.8, 4) is 0 Å². The van der Waals surface area contributed by atoms with Crippen molar-refractivity contribution >= 4 is 17.6 Å². The Hall–Kier alpha value is -1.23. The summed E-state index contributed by atoms with van der Waals surface area (Å²) in [5, 5.41) is 0. The van der Waals surface area contributed by atoms with E-state index >= 15 is 0 Å². The zero-order valence-corrected chi connectivity index (χ0v) is 9.52. The molecule has 1 heterocycles. The summed E-state index contributed by atoms with van der Waals surface area (Å²) < 4.78 is 29.9. The number of rotatable bonds is 3. The second kappa shape index (κ2) is 5.21. The number of carbonyl (C=O) groups is 1. The van der Waals surface area contributed by atoms with Crippen molar-refractivity contribution in [1.82, 2.24) is 4.98 Å². The Morgan fingerprint density at radius 1 is 1.62 bits per heavy atom. The second-order valence-corrected chi connectivity index (χ2v) is 3.39. The van der Waals surface area contributed by atoms with Crippen LogP contribution in [0.25, 0.3) is 0 Å². The number of methoxy groups -OCH3 is 1. The van der Waals surface area contributed by atoms with Crippen LogP contribution in [0.15, 0.2) is 6.07 Å². The van der Waals surface area contributed by atoms with Crippen molar-refractivity contribution < 1.29 is 18.3 Å². The van der Waals surface area contributed by atoms with Crippen molar-refractivity contribution in [1.29, 1.82) is 0 Å². The van der Waals surface area contributed by atoms with Gasteiger partial charge in [0.05, 0.1) is 24.2 Å². The van der Waals surface area contributed by atoms with Crippen LogP contribution in [0.1, 0.15) is 33.7 Å². The number of halogens is 3. The van der Waals surface area contributed by atoms with Gasteiger partial charge in [-0.2, -0.15) is 0 Å². The van der Waals surface area contributed by atoms with Gasteiger partial charge in [0.25, 0.3) is 6.43 Å². The Morgan fingerprint density at radius 2 is 2.25 bits per heavy atom. The SMILES string of the molecule is COC(=O)c1nc(CCl)cc(C)c1C(F)F. The largest absolute Gasteiger partial charge is 0.464 e. The van der Waals surface area contributed by atoms with E-state index in [4.69, 9.17) is 11.6 Å². The molecule has 16 heavy (non-hydrogen) atoms. The highest BCUT2D eigenvalue weighted by atomic mass is 35.5. The summed E-state index contributed by atoms with van der Waals surface area (Å²) in [7, 11) is 1.11. The van der Waals surface area contributed by atoms with Gasteiger partial charge in [0.1, 0.15) is 0 Å². The number of carbonyl (C=O) groups excluding carboxylic acids is 1. The van der Waals surface area contributed by atoms with E-state index < -0.39 is 18.0 Å². The van der Waals surface area contributed by atoms with Gasteiger partial charge in [0, 0.05) is 0 Å². The molecule has 0 fully saturated rings. The molecule has 0 bridgehead atoms. The first-order valence-electron chi connectivity index (χ1n) is 4.44. The predicted octanol–water partition coefficient (Wildman–Crippen LogP) is 2.85. The third-order valence-electron chi connectivity index (χ3n) is 2.05. The first-order valence-corrected chi connectivity index (χ1v) is 4.97. The smallest absolute Gasteiger partial charge is 0.357 e. The summed E-state index contributed by atoms with van der Waals surface area (Å²) in [4.78, 5) is 15.1. The average Bonchev–Trinajstić information content (AvgIpc) is 2.26. The normalized spacial score (nSPS) is 10.6. The van der Waals surface area contributed by atoms with E-state index in [0.29, 0.717) is 5.69 Å². The minimum atomic E-state index is -2.77. The number of ether oxygens (including phenoxy) is 1. The molecule has 0 spiro atoms. The van der Waals surface area contributed by atoms with E-state index in [1.54, 1.807) is 0 Å². The molecule has 0 aromatic carbocycles. The molecule has 6 heteroatoms. The third-order valence-corrected chi connectivity index (χ3v) is 2.33. The van der Waals surface area contributed by atoms with Gasteiger partial charge in [-0.25, -0.2) is 18.6 Å². The van der Waals surface area contributed by atoms with Gasteiger partial charge in [0.2, 0.25) is 0 Å². The van der Waals surface area contributed by atoms with Gasteiger partial charge in [-0.3, -0.25) is 0 Å². The lowest BCUT2D eigenvalue weighted by Crippen LogP contribution is -2.12. The molecular formula is C10H10ClF2NO2. The highest BCUT2D eigenvalue weighted by molar-refractivity contribution is 6.16. The third kappa shape index (κ3) is 2.47. The summed E-state index contributed by atoms with van der Waals surface area (Å²) >= 11 is 5.55. The van der Waals surface area contributed by atoms with E-state index in [1.807, 2.05) is 0 Å². The van der Waals surface area contributed by atoms with Gasteiger partial charge < -0.3 is 4.74 Å². The molecule has 3 nitrogen and oxygen atoms in total. The molecule has 0 aliphatic carbocycles. The maximum absolute atomic E-state index is 12.7. The molecule has 0 N–H and O–H groups in total. The lowest BCUT2D eigenvalue weighted by molar-refractivity contribution is 0.0581. The van der Waals surface area contributed by atoms with Crippen molar-refractivity contribution in [3.63, 3.8) is 0 Å². The first kappa shape index (κ1) is 12.8. The molecule has 0 unspecified atom stereocenters. The topological polar surface area (TPSA) is 39.2 Å². The van der Waals surface area contributed by atoms with Crippen LogP contribution in [-0.2, 0) is 10.6 Å². The van der Waals surface area contributed by atoms with Crippen molar-refractivity contribution in [3.05, 3.63) is 28.6 Å². The first-order chi connectivity index (χ1) is 7.51. The van der Waals surface area contributed by atoms with Gasteiger partial charge in [-0.1, -0.05) is 0 Å². The van der Waals surface area contributed by atoms with Gasteiger partial charge >= 0.3 is 5.97 Å². The fourth-order valence-electron chi connectivity index (χ4n) is 1.35. The van der Waals surface area contributed by atoms with Crippen LogP contribution >= 0.6 is 11.6 Å². The van der Waals surface area contributed by atoms with Gasteiger partial charge in [-0.15, -0.1) is 11.6 Å². The number of hydrogen-bond donors (Lipinski definition) is 0. The second-order valence-electron chi connectivity index (χ2n) is 3.12. The maximum atomic E-state index is 12.7. The minimum absolute atomic E-state index is 0.0500. The predicted molar refractivity (Wildman–Crippen MR) is 54.8 cm³/mol. The molecule has 1 aromatic rings. The number of alkyl halides is 3. The number of pyridine rings is 1. The molecule has 0 amide bonds. The molecule has 0 atom stereocenters. The monoisotopic (exact) mass is 249 g/mol. The molecule has 0 saturated carbocycles. The fraction of sp³-hybridized carbons (Fsp3) is 0.400. The number of esters is 1. The molecule has 0 saturated heterocycles. The van der Waals surface area contributed by atoms with Crippen LogP contribution in [-0.4, -0.2) is 18.1 Å². The molecule has 0 radical (unpaired) electrons. The number of aryl methyl sites for hydroxylation is 1. The summed E-state index contributed by atoms with van der Waals surface area (Å²) in [5.41, 5.74) is -0.126. The maximum Gasteiger partial charge on any atom is 0.357 e. The van der Waals surface area contributed by atoms with Gasteiger partial charge in [-0.05, 0) is 18.6 Å². The van der Waals surface area contributed by atoms with Crippen LogP contribution in [0.2, 0.25) is 0 Å². The molecule has 1 rings (SSSR count). The lowest BCUT2D eigenvalue weighted by Gasteiger charge is -2.11. The summed E-state index contributed by atoms with van der Waals surface area (Å²) in [6.45, 7) is 1.48. The van der Waals surface area contributed by atoms with Crippen LogP contribution < -0.4 is 0 Å². The Labute approximate surface area is 96.4 Å². The Bertz CT molecular complexity index is 410. The molecule has 88 valence electrons. The molecule has 0 aliphatic heterocycles. The van der Waals surface area contributed by atoms with E-state index in [0.717, 1.165) is 7.11 Å². The Kier molecular flexibility index (Phi) is 4.18. The van der Waals surface area contributed by atoms with Crippen molar-refractivity contribution in [2.45, 2.75) is 19.2 Å². The highest BCUT2D eigenvalue weighted by Crippen LogP contribution is 2.26. The van der Waals surface area contributed by atoms with Crippen molar-refractivity contribution in [2.75, 3.05) is 7.11 Å². The summed E-state index contributed by atoms with van der Waals surface area (Å²) in [6.07, 6.45) is -2.77. The standard InChI is InChI=1S/C10H10ClF2NO2/c1-5-3-6(4-11)14-8(10(15)16-2)7(5)9(12)13/h3,9H,4H2,1-2H3. The Balaban J connectivity index is 3.40. The van der Waals surface area contributed by atoms with Gasteiger partial charge in [0.15, 0.2) is 5.69 Å². The quantitative estimate of drug-likeness (QED) is 0.611. The lowest BCUT2D eigenvalue weighted by atomic mass is 10.1. The molecular weight excluding hydrogens is 240 g/mol. The molecule has 0 aliphatic rings. The summed E-state index contributed by atoms with van der Waals surface area (Å²) in [5.74, 6) is -0.834. The zero-order valence-electron chi connectivity index (χ0n) is 8.76. The molecule has 1 aromatic heterocycles. The summed E-state index contributed by atoms with van der Waals surface area (Å²) in [6, 6.07) is 1.43. The van der Waals surface area contributed by atoms with Crippen LogP contribution in [0.4, 0.5) is 8.78 Å². The average molecular weight is 250 g/mol. The minimum Gasteiger partial charge on any atom is -0.464 e. The number of aromatic nitrogens is 1. The van der Waals surface area contributed by atoms with Crippen LogP contribution in [0.5, 0.6) is 0 Å². The van der Waals surface area contributed by atoms with E-state index in [1.165, 1.54) is 13.0 Å². The number of hydrogen-bond acceptors (Lipinski definition) is 3. The highest BCUT2D eigenvalue weighted by Gasteiger charge is 2.23. The zero-order chi connectivity index (χ0) is 12.3. The number of nitrogens with zero attached hydrogens (tertiary/aromatic N) is 1. The van der Waals surface area contributed by atoms with Crippen LogP contribution in [0.3, 0.4) is 0 Å². The van der Waals surface area contributed by atoms with E-state index in [-0.39, 0.29) is 17.1 Å². The Morgan fingerprint density at radius 3 is 2.69 bits per heavy atom. The van der Waals surface area contributed by atoms with E-state index in [2.05, 4.69) is 9.72 Å². The fourth-order valence-corrected chi connectivity index (χ4v) is 1.48.